The van der Waals surface area contributed by atoms with E-state index in [-0.39, 0.29) is 23.9 Å². The maximum absolute atomic E-state index is 9.41. The number of unbranched alkanes of at least 4 members (excludes halogenated alkanes) is 10. The summed E-state index contributed by atoms with van der Waals surface area (Å²) in [6.45, 7) is 9.02. The van der Waals surface area contributed by atoms with Crippen LogP contribution in [0.3, 0.4) is 0 Å². The summed E-state index contributed by atoms with van der Waals surface area (Å²) in [5, 5.41) is 18.8. The molecule has 0 aromatic rings. The van der Waals surface area contributed by atoms with Crippen molar-refractivity contribution in [1.82, 2.24) is 0 Å². The normalized spacial score (nSPS) is 9.28. The van der Waals surface area contributed by atoms with E-state index < -0.39 is 11.9 Å². The summed E-state index contributed by atoms with van der Waals surface area (Å²) in [5.41, 5.74) is 0. The van der Waals surface area contributed by atoms with E-state index in [2.05, 4.69) is 27.7 Å². The maximum atomic E-state index is 9.41. The van der Waals surface area contributed by atoms with Gasteiger partial charge in [0, 0.05) is 0 Å². The zero-order valence-electron chi connectivity index (χ0n) is 16.8. The minimum Gasteiger partial charge on any atom is -0.545 e. The largest absolute Gasteiger partial charge is 2.00 e. The van der Waals surface area contributed by atoms with Crippen LogP contribution in [-0.2, 0) is 9.59 Å². The third-order valence-electron chi connectivity index (χ3n) is 3.27. The first kappa shape index (κ1) is 32.2. The van der Waals surface area contributed by atoms with E-state index in [1.54, 1.807) is 0 Å². The van der Waals surface area contributed by atoms with Gasteiger partial charge in [0.2, 0.25) is 0 Å². The van der Waals surface area contributed by atoms with Gasteiger partial charge >= 0.3 is 23.9 Å². The number of carbonyl (C=O) groups excluding carboxylic acids is 2. The quantitative estimate of drug-likeness (QED) is 0.254. The average molecular weight is 461 g/mol. The molecule has 146 valence electrons. The van der Waals surface area contributed by atoms with Crippen molar-refractivity contribution in [2.75, 3.05) is 0 Å². The van der Waals surface area contributed by atoms with Crippen molar-refractivity contribution in [3.8, 4) is 0 Å². The van der Waals surface area contributed by atoms with E-state index in [4.69, 9.17) is 0 Å². The van der Waals surface area contributed by atoms with Crippen molar-refractivity contribution >= 4 is 35.8 Å². The Hall–Kier alpha value is -0.521. The molecule has 5 heteroatoms. The summed E-state index contributed by atoms with van der Waals surface area (Å²) < 4.78 is 0. The molecule has 0 saturated carbocycles. The van der Waals surface area contributed by atoms with Crippen LogP contribution in [0.15, 0.2) is 12.2 Å². The van der Waals surface area contributed by atoms with Crippen molar-refractivity contribution in [3.63, 3.8) is 0 Å². The molecule has 0 bridgehead atoms. The molecule has 0 aromatic carbocycles. The van der Waals surface area contributed by atoms with Crippen LogP contribution in [0.2, 0.25) is 0 Å². The summed E-state index contributed by atoms with van der Waals surface area (Å²) in [5.74, 6) is -3.09. The third kappa shape index (κ3) is 51.7. The van der Waals surface area contributed by atoms with E-state index in [1.807, 2.05) is 0 Å². The third-order valence-corrected chi connectivity index (χ3v) is 3.27. The van der Waals surface area contributed by atoms with Crippen LogP contribution >= 0.6 is 0 Å². The molecule has 0 amide bonds. The molecular formula is C20H38O4Sn. The predicted octanol–water partition coefficient (Wildman–Crippen LogP) is 3.40. The van der Waals surface area contributed by atoms with Crippen molar-refractivity contribution < 1.29 is 19.8 Å². The van der Waals surface area contributed by atoms with Gasteiger partial charge in [-0.05, 0) is 12.2 Å². The monoisotopic (exact) mass is 462 g/mol. The van der Waals surface area contributed by atoms with Crippen LogP contribution in [-0.4, -0.2) is 35.8 Å². The molecule has 0 atom stereocenters. The Balaban J connectivity index is -0.000000130. The SMILES string of the molecule is CCCCCCCC.CCCCCCCC.O=C([O-])/C=C\C(=O)[O-].[Sn+2]. The molecule has 0 fully saturated rings. The first-order chi connectivity index (χ1) is 11.5. The van der Waals surface area contributed by atoms with Gasteiger partial charge in [-0.3, -0.25) is 0 Å². The molecule has 0 heterocycles. The van der Waals surface area contributed by atoms with Crippen molar-refractivity contribution in [3.05, 3.63) is 12.2 Å². The Kier molecular flexibility index (Phi) is 40.2. The molecule has 0 aliphatic carbocycles. The van der Waals surface area contributed by atoms with Crippen molar-refractivity contribution in [2.24, 2.45) is 0 Å². The second-order valence-corrected chi connectivity index (χ2v) is 5.80. The van der Waals surface area contributed by atoms with Crippen LogP contribution in [0.5, 0.6) is 0 Å². The maximum Gasteiger partial charge on any atom is 2.00 e. The first-order valence-corrected chi connectivity index (χ1v) is 9.56. The Labute approximate surface area is 172 Å². The van der Waals surface area contributed by atoms with Crippen LogP contribution in [0, 0.1) is 0 Å². The van der Waals surface area contributed by atoms with E-state index >= 15 is 0 Å². The number of carboxylic acid groups (broad SMARTS) is 2. The van der Waals surface area contributed by atoms with Gasteiger partial charge in [-0.25, -0.2) is 0 Å². The van der Waals surface area contributed by atoms with Gasteiger partial charge in [-0.15, -0.1) is 0 Å². The fourth-order valence-electron chi connectivity index (χ4n) is 1.84. The molecule has 25 heavy (non-hydrogen) atoms. The molecule has 0 rings (SSSR count). The van der Waals surface area contributed by atoms with Crippen molar-refractivity contribution in [2.45, 2.75) is 105 Å². The molecule has 0 aliphatic heterocycles. The van der Waals surface area contributed by atoms with Crippen LogP contribution in [0.1, 0.15) is 105 Å². The fraction of sp³-hybridized carbons (Fsp3) is 0.800. The van der Waals surface area contributed by atoms with E-state index in [9.17, 15) is 19.8 Å². The molecule has 4 nitrogen and oxygen atoms in total. The van der Waals surface area contributed by atoms with Gasteiger partial charge in [0.25, 0.3) is 0 Å². The van der Waals surface area contributed by atoms with Gasteiger partial charge in [-0.1, -0.05) is 105 Å². The Morgan fingerprint density at radius 1 is 0.560 bits per heavy atom. The predicted molar refractivity (Wildman–Crippen MR) is 103 cm³/mol. The minimum absolute atomic E-state index is 0. The van der Waals surface area contributed by atoms with Gasteiger partial charge < -0.3 is 19.8 Å². The Bertz CT molecular complexity index is 251. The molecule has 0 saturated heterocycles. The summed E-state index contributed by atoms with van der Waals surface area (Å²) in [6, 6.07) is 0. The number of hydrogen-bond acceptors (Lipinski definition) is 4. The van der Waals surface area contributed by atoms with E-state index in [0.717, 1.165) is 0 Å². The second-order valence-electron chi connectivity index (χ2n) is 5.80. The molecule has 0 spiro atoms. The van der Waals surface area contributed by atoms with Gasteiger partial charge in [0.1, 0.15) is 0 Å². The van der Waals surface area contributed by atoms with E-state index in [0.29, 0.717) is 12.2 Å². The summed E-state index contributed by atoms with van der Waals surface area (Å²) in [7, 11) is 0. The zero-order chi connectivity index (χ0) is 19.1. The number of aliphatic carboxylic acids is 2. The molecular weight excluding hydrogens is 423 g/mol. The number of rotatable bonds is 12. The number of carboxylic acids is 2. The molecule has 0 N–H and O–H groups in total. The smallest absolute Gasteiger partial charge is 0.545 e. The van der Waals surface area contributed by atoms with Gasteiger partial charge in [0.15, 0.2) is 0 Å². The Morgan fingerprint density at radius 2 is 0.760 bits per heavy atom. The van der Waals surface area contributed by atoms with E-state index in [1.165, 1.54) is 77.0 Å². The first-order valence-electron chi connectivity index (χ1n) is 9.56. The fourth-order valence-corrected chi connectivity index (χ4v) is 1.84. The van der Waals surface area contributed by atoms with Gasteiger partial charge in [0.05, 0.1) is 11.9 Å². The standard InChI is InChI=1S/2C8H18.C4H4O4.Sn/c2*1-3-5-7-8-6-4-2;5-3(6)1-2-4(7)8;/h2*3-8H2,1-2H3;1-2H,(H,5,6)(H,7,8);/q;;;+2/p-2/b;;2-1-;. The van der Waals surface area contributed by atoms with Crippen molar-refractivity contribution in [1.29, 1.82) is 0 Å². The summed E-state index contributed by atoms with van der Waals surface area (Å²) in [6.07, 6.45) is 17.7. The van der Waals surface area contributed by atoms with Crippen LogP contribution < -0.4 is 10.2 Å². The Morgan fingerprint density at radius 3 is 0.880 bits per heavy atom. The summed E-state index contributed by atoms with van der Waals surface area (Å²) >= 11 is 0. The summed E-state index contributed by atoms with van der Waals surface area (Å²) in [4.78, 5) is 18.8. The van der Waals surface area contributed by atoms with Crippen LogP contribution in [0.4, 0.5) is 0 Å². The second kappa shape index (κ2) is 31.3. The number of carbonyl (C=O) groups is 2. The van der Waals surface area contributed by atoms with Gasteiger partial charge in [-0.2, -0.15) is 0 Å². The zero-order valence-corrected chi connectivity index (χ0v) is 19.6. The van der Waals surface area contributed by atoms with Crippen LogP contribution in [0.25, 0.3) is 0 Å². The topological polar surface area (TPSA) is 80.3 Å². The molecule has 0 unspecified atom stereocenters. The molecule has 0 aliphatic rings. The molecule has 0 aromatic heterocycles. The minimum atomic E-state index is -1.55. The average Bonchev–Trinajstić information content (AvgIpc) is 2.55. The number of hydrogen-bond donors (Lipinski definition) is 0. The molecule has 2 radical (unpaired) electrons.